The molecule has 8 heavy (non-hydrogen) atoms. The first-order chi connectivity index (χ1) is 3.79. The molecule has 1 saturated heterocycles. The van der Waals surface area contributed by atoms with Gasteiger partial charge in [0.15, 0.2) is 0 Å². The Bertz CT molecular complexity index is 70.8. The van der Waals surface area contributed by atoms with Crippen molar-refractivity contribution in [2.45, 2.75) is 15.2 Å². The molecule has 3 heteroatoms. The Kier molecular flexibility index (Phi) is 3.06. The van der Waals surface area contributed by atoms with Crippen LogP contribution in [0, 0.1) is 0 Å². The Morgan fingerprint density at radius 2 is 2.25 bits per heavy atom. The number of rotatable bonds is 0. The summed E-state index contributed by atoms with van der Waals surface area (Å²) in [7, 11) is 0. The maximum atomic E-state index is 5.24. The van der Waals surface area contributed by atoms with Crippen molar-refractivity contribution in [3.05, 3.63) is 0 Å². The molecule has 0 saturated carbocycles. The van der Waals surface area contributed by atoms with Crippen molar-refractivity contribution in [3.8, 4) is 0 Å². The number of alkyl halides is 2. The zero-order valence-electron chi connectivity index (χ0n) is 4.44. The Labute approximate surface area is 71.4 Å². The summed E-state index contributed by atoms with van der Waals surface area (Å²) in [5.41, 5.74) is 0. The van der Waals surface area contributed by atoms with Gasteiger partial charge in [-0.25, -0.2) is 0 Å². The van der Waals surface area contributed by atoms with Crippen molar-refractivity contribution in [1.82, 2.24) is 0 Å². The molecule has 1 heterocycles. The first-order valence-electron chi connectivity index (χ1n) is 2.65. The van der Waals surface area contributed by atoms with Crippen molar-refractivity contribution < 1.29 is 4.74 Å². The monoisotopic (exact) mass is 290 g/mol. The van der Waals surface area contributed by atoms with Crippen LogP contribution in [0.2, 0.25) is 0 Å². The molecule has 0 aromatic carbocycles. The molecule has 0 bridgehead atoms. The van der Waals surface area contributed by atoms with Gasteiger partial charge in [0.25, 0.3) is 0 Å². The molecule has 0 aliphatic carbocycles. The molecule has 0 aromatic rings. The standard InChI is InChI=1S/C5H8BrIO/c6-4-1-5(7)3-8-2-4/h4-5H,1-3H2. The van der Waals surface area contributed by atoms with Gasteiger partial charge in [-0.2, -0.15) is 0 Å². The predicted octanol–water partition coefficient (Wildman–Crippen LogP) is 1.97. The molecule has 0 spiro atoms. The van der Waals surface area contributed by atoms with E-state index in [1.165, 1.54) is 6.42 Å². The summed E-state index contributed by atoms with van der Waals surface area (Å²) in [5.74, 6) is 0. The van der Waals surface area contributed by atoms with E-state index in [4.69, 9.17) is 4.74 Å². The second kappa shape index (κ2) is 3.37. The molecule has 2 unspecified atom stereocenters. The van der Waals surface area contributed by atoms with Crippen molar-refractivity contribution >= 4 is 38.5 Å². The summed E-state index contributed by atoms with van der Waals surface area (Å²) in [6.45, 7) is 1.82. The molecule has 0 N–H and O–H groups in total. The molecule has 2 atom stereocenters. The van der Waals surface area contributed by atoms with Crippen LogP contribution < -0.4 is 0 Å². The molecule has 1 aliphatic heterocycles. The quantitative estimate of drug-likeness (QED) is 0.490. The largest absolute Gasteiger partial charge is 0.379 e. The number of hydrogen-bond acceptors (Lipinski definition) is 1. The summed E-state index contributed by atoms with van der Waals surface area (Å²) in [5, 5.41) is 0. The van der Waals surface area contributed by atoms with E-state index in [-0.39, 0.29) is 0 Å². The highest BCUT2D eigenvalue weighted by molar-refractivity contribution is 14.1. The Morgan fingerprint density at radius 1 is 1.50 bits per heavy atom. The number of ether oxygens (including phenoxy) is 1. The lowest BCUT2D eigenvalue weighted by atomic mass is 10.2. The minimum absolute atomic E-state index is 0.596. The van der Waals surface area contributed by atoms with Crippen molar-refractivity contribution in [1.29, 1.82) is 0 Å². The Morgan fingerprint density at radius 3 is 2.62 bits per heavy atom. The van der Waals surface area contributed by atoms with Crippen LogP contribution in [0.1, 0.15) is 6.42 Å². The lowest BCUT2D eigenvalue weighted by Gasteiger charge is -2.20. The SMILES string of the molecule is BrC1COCC(I)C1. The Hall–Kier alpha value is 1.17. The van der Waals surface area contributed by atoms with Crippen LogP contribution in [0.5, 0.6) is 0 Å². The molecular formula is C5H8BrIO. The van der Waals surface area contributed by atoms with Crippen molar-refractivity contribution in [3.63, 3.8) is 0 Å². The fourth-order valence-corrected chi connectivity index (χ4v) is 2.94. The molecule has 1 rings (SSSR count). The van der Waals surface area contributed by atoms with Crippen LogP contribution in [0.4, 0.5) is 0 Å². The average Bonchev–Trinajstić information content (AvgIpc) is 1.64. The van der Waals surface area contributed by atoms with Crippen molar-refractivity contribution in [2.75, 3.05) is 13.2 Å². The summed E-state index contributed by atoms with van der Waals surface area (Å²) in [6.07, 6.45) is 1.25. The predicted molar refractivity (Wildman–Crippen MR) is 46.0 cm³/mol. The lowest BCUT2D eigenvalue weighted by Crippen LogP contribution is -2.25. The van der Waals surface area contributed by atoms with Gasteiger partial charge in [-0.3, -0.25) is 0 Å². The molecule has 48 valence electrons. The summed E-state index contributed by atoms with van der Waals surface area (Å²) in [6, 6.07) is 0. The van der Waals surface area contributed by atoms with Crippen LogP contribution in [0.3, 0.4) is 0 Å². The highest BCUT2D eigenvalue weighted by atomic mass is 127. The fourth-order valence-electron chi connectivity index (χ4n) is 0.737. The summed E-state index contributed by atoms with van der Waals surface area (Å²) < 4.78 is 5.95. The first-order valence-corrected chi connectivity index (χ1v) is 4.81. The highest BCUT2D eigenvalue weighted by Crippen LogP contribution is 2.19. The molecule has 0 radical (unpaired) electrons. The van der Waals surface area contributed by atoms with Crippen LogP contribution in [-0.2, 0) is 4.74 Å². The maximum Gasteiger partial charge on any atom is 0.0592 e. The average molecular weight is 291 g/mol. The van der Waals surface area contributed by atoms with E-state index in [9.17, 15) is 0 Å². The van der Waals surface area contributed by atoms with E-state index < -0.39 is 0 Å². The highest BCUT2D eigenvalue weighted by Gasteiger charge is 2.16. The maximum absolute atomic E-state index is 5.24. The number of halogens is 2. The molecule has 1 fully saturated rings. The first kappa shape index (κ1) is 7.28. The van der Waals surface area contributed by atoms with Gasteiger partial charge in [0.05, 0.1) is 13.2 Å². The van der Waals surface area contributed by atoms with Crippen LogP contribution in [0.25, 0.3) is 0 Å². The zero-order chi connectivity index (χ0) is 5.98. The smallest absolute Gasteiger partial charge is 0.0592 e. The third kappa shape index (κ3) is 2.19. The second-order valence-corrected chi connectivity index (χ2v) is 5.02. The van der Waals surface area contributed by atoms with Crippen LogP contribution in [-0.4, -0.2) is 22.0 Å². The van der Waals surface area contributed by atoms with Crippen molar-refractivity contribution in [2.24, 2.45) is 0 Å². The van der Waals surface area contributed by atoms with E-state index in [0.29, 0.717) is 8.75 Å². The fraction of sp³-hybridized carbons (Fsp3) is 1.00. The third-order valence-electron chi connectivity index (χ3n) is 1.11. The van der Waals surface area contributed by atoms with Gasteiger partial charge in [0, 0.05) is 8.75 Å². The van der Waals surface area contributed by atoms with Gasteiger partial charge < -0.3 is 4.74 Å². The zero-order valence-corrected chi connectivity index (χ0v) is 8.18. The summed E-state index contributed by atoms with van der Waals surface area (Å²) in [4.78, 5) is 0.596. The van der Waals surface area contributed by atoms with Crippen LogP contribution in [0.15, 0.2) is 0 Å². The van der Waals surface area contributed by atoms with E-state index in [1.807, 2.05) is 0 Å². The lowest BCUT2D eigenvalue weighted by molar-refractivity contribution is 0.111. The summed E-state index contributed by atoms with van der Waals surface area (Å²) >= 11 is 5.92. The molecule has 0 aromatic heterocycles. The van der Waals surface area contributed by atoms with E-state index in [0.717, 1.165) is 13.2 Å². The van der Waals surface area contributed by atoms with Gasteiger partial charge in [-0.1, -0.05) is 38.5 Å². The normalized spacial score (nSPS) is 39.8. The van der Waals surface area contributed by atoms with E-state index in [1.54, 1.807) is 0 Å². The second-order valence-electron chi connectivity index (χ2n) is 1.97. The Balaban J connectivity index is 2.23. The van der Waals surface area contributed by atoms with Gasteiger partial charge in [0.2, 0.25) is 0 Å². The molecule has 0 amide bonds. The van der Waals surface area contributed by atoms with Gasteiger partial charge in [0.1, 0.15) is 0 Å². The minimum Gasteiger partial charge on any atom is -0.379 e. The van der Waals surface area contributed by atoms with E-state index >= 15 is 0 Å². The molecule has 1 aliphatic rings. The molecular weight excluding hydrogens is 283 g/mol. The van der Waals surface area contributed by atoms with Gasteiger partial charge in [-0.05, 0) is 6.42 Å². The van der Waals surface area contributed by atoms with Gasteiger partial charge in [-0.15, -0.1) is 0 Å². The topological polar surface area (TPSA) is 9.23 Å². The van der Waals surface area contributed by atoms with E-state index in [2.05, 4.69) is 38.5 Å². The number of hydrogen-bond donors (Lipinski definition) is 0. The molecule has 1 nitrogen and oxygen atoms in total. The van der Waals surface area contributed by atoms with Gasteiger partial charge >= 0.3 is 0 Å². The minimum atomic E-state index is 0.596. The van der Waals surface area contributed by atoms with Crippen LogP contribution >= 0.6 is 38.5 Å². The third-order valence-corrected chi connectivity index (χ3v) is 2.62.